The van der Waals surface area contributed by atoms with E-state index in [1.807, 2.05) is 37.3 Å². The van der Waals surface area contributed by atoms with Gasteiger partial charge in [-0.3, -0.25) is 9.78 Å². The summed E-state index contributed by atoms with van der Waals surface area (Å²) in [5.41, 5.74) is 3.08. The predicted octanol–water partition coefficient (Wildman–Crippen LogP) is 3.09. The highest BCUT2D eigenvalue weighted by Crippen LogP contribution is 2.26. The lowest BCUT2D eigenvalue weighted by Gasteiger charge is -2.06. The highest BCUT2D eigenvalue weighted by atomic mass is 32.1. The Balaban J connectivity index is 1.69. The molecule has 7 heteroatoms. The molecule has 1 N–H and O–H groups in total. The number of amides is 1. The van der Waals surface area contributed by atoms with Gasteiger partial charge in [0.05, 0.1) is 17.9 Å². The minimum Gasteiger partial charge on any atom is -0.345 e. The first-order valence-electron chi connectivity index (χ1n) is 7.82. The molecular formula is C18H15N5OS. The molecule has 4 aromatic rings. The zero-order valence-electron chi connectivity index (χ0n) is 13.5. The standard InChI is InChI=1S/C18H15N5OS/c1-12-22-23-15(11-20-17(24)14-9-5-6-10-19-14)16(21-18(23)25-12)13-7-3-2-4-8-13/h2-10H,11H2,1H3,(H,20,24). The second-order valence-corrected chi connectivity index (χ2v) is 6.65. The Morgan fingerprint density at radius 1 is 1.16 bits per heavy atom. The van der Waals surface area contributed by atoms with Crippen molar-refractivity contribution >= 4 is 22.2 Å². The number of imidazole rings is 1. The molecule has 4 rings (SSSR count). The number of hydrogen-bond acceptors (Lipinski definition) is 5. The fourth-order valence-corrected chi connectivity index (χ4v) is 3.38. The zero-order valence-corrected chi connectivity index (χ0v) is 14.3. The lowest BCUT2D eigenvalue weighted by Crippen LogP contribution is -2.24. The van der Waals surface area contributed by atoms with Crippen LogP contribution in [0.5, 0.6) is 0 Å². The highest BCUT2D eigenvalue weighted by molar-refractivity contribution is 7.16. The number of carbonyl (C=O) groups excluding carboxylic acids is 1. The van der Waals surface area contributed by atoms with Gasteiger partial charge >= 0.3 is 0 Å². The number of aromatic nitrogens is 4. The summed E-state index contributed by atoms with van der Waals surface area (Å²) in [5.74, 6) is -0.221. The molecule has 3 aromatic heterocycles. The first kappa shape index (κ1) is 15.5. The van der Waals surface area contributed by atoms with Crippen LogP contribution in [0.4, 0.5) is 0 Å². The Hall–Kier alpha value is -3.06. The SMILES string of the molecule is Cc1nn2c(CNC(=O)c3ccccn3)c(-c3ccccc3)nc2s1. The molecule has 0 aliphatic carbocycles. The number of nitrogens with zero attached hydrogens (tertiary/aromatic N) is 4. The smallest absolute Gasteiger partial charge is 0.270 e. The quantitative estimate of drug-likeness (QED) is 0.614. The largest absolute Gasteiger partial charge is 0.345 e. The Kier molecular flexibility index (Phi) is 3.99. The number of rotatable bonds is 4. The molecular weight excluding hydrogens is 334 g/mol. The molecule has 1 aromatic carbocycles. The summed E-state index contributed by atoms with van der Waals surface area (Å²) in [7, 11) is 0. The average Bonchev–Trinajstić information content (AvgIpc) is 3.17. The third-order valence-electron chi connectivity index (χ3n) is 3.76. The monoisotopic (exact) mass is 349 g/mol. The first-order chi connectivity index (χ1) is 12.2. The number of benzene rings is 1. The summed E-state index contributed by atoms with van der Waals surface area (Å²) >= 11 is 1.53. The molecule has 0 radical (unpaired) electrons. The van der Waals surface area contributed by atoms with Gasteiger partial charge in [-0.1, -0.05) is 47.7 Å². The van der Waals surface area contributed by atoms with E-state index in [1.54, 1.807) is 28.9 Å². The first-order valence-corrected chi connectivity index (χ1v) is 8.64. The highest BCUT2D eigenvalue weighted by Gasteiger charge is 2.18. The van der Waals surface area contributed by atoms with Gasteiger partial charge in [0.1, 0.15) is 10.7 Å². The maximum atomic E-state index is 12.3. The maximum absolute atomic E-state index is 12.3. The molecule has 6 nitrogen and oxygen atoms in total. The van der Waals surface area contributed by atoms with Gasteiger partial charge in [0.25, 0.3) is 5.91 Å². The van der Waals surface area contributed by atoms with Gasteiger partial charge in [-0.25, -0.2) is 9.50 Å². The van der Waals surface area contributed by atoms with Crippen LogP contribution < -0.4 is 5.32 Å². The lowest BCUT2D eigenvalue weighted by atomic mass is 10.1. The van der Waals surface area contributed by atoms with Crippen LogP contribution in [0.2, 0.25) is 0 Å². The van der Waals surface area contributed by atoms with Crippen LogP contribution in [-0.2, 0) is 6.54 Å². The fourth-order valence-electron chi connectivity index (χ4n) is 2.62. The van der Waals surface area contributed by atoms with Crippen molar-refractivity contribution in [2.24, 2.45) is 0 Å². The number of aryl methyl sites for hydroxylation is 1. The molecule has 0 spiro atoms. The van der Waals surface area contributed by atoms with E-state index in [0.29, 0.717) is 12.2 Å². The Morgan fingerprint density at radius 3 is 2.72 bits per heavy atom. The fraction of sp³-hybridized carbons (Fsp3) is 0.111. The molecule has 0 aliphatic heterocycles. The molecule has 0 saturated carbocycles. The average molecular weight is 349 g/mol. The van der Waals surface area contributed by atoms with Crippen LogP contribution in [0.1, 0.15) is 21.2 Å². The van der Waals surface area contributed by atoms with Gasteiger partial charge in [0.2, 0.25) is 4.96 Å². The van der Waals surface area contributed by atoms with Crippen LogP contribution in [0.15, 0.2) is 54.7 Å². The Bertz CT molecular complexity index is 1020. The van der Waals surface area contributed by atoms with Gasteiger partial charge in [-0.05, 0) is 19.1 Å². The van der Waals surface area contributed by atoms with E-state index in [9.17, 15) is 4.79 Å². The van der Waals surface area contributed by atoms with Gasteiger partial charge in [-0.2, -0.15) is 5.10 Å². The zero-order chi connectivity index (χ0) is 17.2. The van der Waals surface area contributed by atoms with E-state index >= 15 is 0 Å². The van der Waals surface area contributed by atoms with Crippen LogP contribution in [0, 0.1) is 6.92 Å². The van der Waals surface area contributed by atoms with Crippen LogP contribution in [0.25, 0.3) is 16.2 Å². The second-order valence-electron chi connectivity index (χ2n) is 5.49. The van der Waals surface area contributed by atoms with Crippen molar-refractivity contribution in [1.82, 2.24) is 24.9 Å². The Morgan fingerprint density at radius 2 is 1.96 bits per heavy atom. The van der Waals surface area contributed by atoms with Crippen molar-refractivity contribution in [2.75, 3.05) is 0 Å². The molecule has 0 aliphatic rings. The van der Waals surface area contributed by atoms with Gasteiger partial charge in [-0.15, -0.1) is 0 Å². The molecule has 0 atom stereocenters. The summed E-state index contributed by atoms with van der Waals surface area (Å²) in [6.45, 7) is 2.27. The van der Waals surface area contributed by atoms with Crippen molar-refractivity contribution in [2.45, 2.75) is 13.5 Å². The summed E-state index contributed by atoms with van der Waals surface area (Å²) < 4.78 is 1.81. The minimum atomic E-state index is -0.221. The van der Waals surface area contributed by atoms with E-state index in [0.717, 1.165) is 26.9 Å². The van der Waals surface area contributed by atoms with E-state index in [-0.39, 0.29) is 5.91 Å². The number of fused-ring (bicyclic) bond motifs is 1. The molecule has 0 bridgehead atoms. The van der Waals surface area contributed by atoms with Crippen LogP contribution >= 0.6 is 11.3 Å². The molecule has 0 saturated heterocycles. The van der Waals surface area contributed by atoms with Crippen molar-refractivity contribution < 1.29 is 4.79 Å². The minimum absolute atomic E-state index is 0.221. The predicted molar refractivity (Wildman–Crippen MR) is 96.4 cm³/mol. The number of carbonyl (C=O) groups is 1. The number of hydrogen-bond donors (Lipinski definition) is 1. The van der Waals surface area contributed by atoms with E-state index in [4.69, 9.17) is 4.98 Å². The molecule has 3 heterocycles. The summed E-state index contributed by atoms with van der Waals surface area (Å²) in [6, 6.07) is 15.2. The number of nitrogens with one attached hydrogen (secondary N) is 1. The molecule has 25 heavy (non-hydrogen) atoms. The third kappa shape index (κ3) is 3.01. The lowest BCUT2D eigenvalue weighted by molar-refractivity contribution is 0.0945. The molecule has 124 valence electrons. The normalized spacial score (nSPS) is 10.9. The topological polar surface area (TPSA) is 72.2 Å². The van der Waals surface area contributed by atoms with Gasteiger partial charge in [0, 0.05) is 11.8 Å². The summed E-state index contributed by atoms with van der Waals surface area (Å²) in [4.78, 5) is 21.9. The molecule has 0 fully saturated rings. The van der Waals surface area contributed by atoms with E-state index < -0.39 is 0 Å². The molecule has 1 amide bonds. The summed E-state index contributed by atoms with van der Waals surface area (Å²) in [5, 5.41) is 8.36. The van der Waals surface area contributed by atoms with Crippen molar-refractivity contribution in [3.63, 3.8) is 0 Å². The third-order valence-corrected chi connectivity index (χ3v) is 4.58. The van der Waals surface area contributed by atoms with E-state index in [2.05, 4.69) is 15.4 Å². The second kappa shape index (κ2) is 6.45. The van der Waals surface area contributed by atoms with Gasteiger partial charge < -0.3 is 5.32 Å². The summed E-state index contributed by atoms with van der Waals surface area (Å²) in [6.07, 6.45) is 1.60. The van der Waals surface area contributed by atoms with Crippen molar-refractivity contribution in [1.29, 1.82) is 0 Å². The molecule has 0 unspecified atom stereocenters. The van der Waals surface area contributed by atoms with Crippen LogP contribution in [-0.4, -0.2) is 25.5 Å². The Labute approximate surface area is 148 Å². The van der Waals surface area contributed by atoms with Crippen LogP contribution in [0.3, 0.4) is 0 Å². The van der Waals surface area contributed by atoms with Crippen molar-refractivity contribution in [3.05, 3.63) is 71.1 Å². The van der Waals surface area contributed by atoms with Crippen molar-refractivity contribution in [3.8, 4) is 11.3 Å². The van der Waals surface area contributed by atoms with E-state index in [1.165, 1.54) is 11.3 Å². The maximum Gasteiger partial charge on any atom is 0.270 e. The van der Waals surface area contributed by atoms with Gasteiger partial charge in [0.15, 0.2) is 0 Å². The number of pyridine rings is 1.